The summed E-state index contributed by atoms with van der Waals surface area (Å²) < 4.78 is 46.1. The fourth-order valence-electron chi connectivity index (χ4n) is 2.74. The number of carbonyl (C=O) groups is 1. The Morgan fingerprint density at radius 2 is 1.89 bits per heavy atom. The van der Waals surface area contributed by atoms with Gasteiger partial charge in [-0.15, -0.1) is 24.5 Å². The zero-order valence-corrected chi connectivity index (χ0v) is 15.1. The zero-order valence-electron chi connectivity index (χ0n) is 14.2. The Bertz CT molecular complexity index is 730. The SMILES string of the molecule is O=C(CN1CCC(Oc2ccc(OC(F)(F)F)cc2)CC1)Nc1nccs1. The van der Waals surface area contributed by atoms with Crippen LogP contribution in [0.4, 0.5) is 18.3 Å². The van der Waals surface area contributed by atoms with Crippen LogP contribution in [-0.4, -0.2) is 47.9 Å². The first-order chi connectivity index (χ1) is 12.9. The van der Waals surface area contributed by atoms with E-state index < -0.39 is 6.36 Å². The molecule has 0 saturated carbocycles. The molecule has 1 aliphatic heterocycles. The number of aromatic nitrogens is 1. The third kappa shape index (κ3) is 6.40. The number of alkyl halides is 3. The third-order valence-electron chi connectivity index (χ3n) is 3.94. The minimum atomic E-state index is -4.71. The maximum atomic E-state index is 12.2. The van der Waals surface area contributed by atoms with Gasteiger partial charge in [0, 0.05) is 24.7 Å². The average molecular weight is 401 g/mol. The molecule has 2 aromatic rings. The van der Waals surface area contributed by atoms with Gasteiger partial charge in [0.15, 0.2) is 5.13 Å². The van der Waals surface area contributed by atoms with Crippen LogP contribution in [-0.2, 0) is 4.79 Å². The molecule has 0 aliphatic carbocycles. The van der Waals surface area contributed by atoms with E-state index in [9.17, 15) is 18.0 Å². The molecular formula is C17H18F3N3O3S. The van der Waals surface area contributed by atoms with Gasteiger partial charge in [-0.1, -0.05) is 0 Å². The second-order valence-corrected chi connectivity index (χ2v) is 6.89. The topological polar surface area (TPSA) is 63.7 Å². The van der Waals surface area contributed by atoms with Crippen molar-refractivity contribution in [3.05, 3.63) is 35.8 Å². The van der Waals surface area contributed by atoms with Gasteiger partial charge < -0.3 is 14.8 Å². The van der Waals surface area contributed by atoms with E-state index in [1.54, 1.807) is 11.6 Å². The molecule has 0 unspecified atom stereocenters. The van der Waals surface area contributed by atoms with Gasteiger partial charge in [-0.3, -0.25) is 9.69 Å². The van der Waals surface area contributed by atoms with E-state index >= 15 is 0 Å². The van der Waals surface area contributed by atoms with Crippen molar-refractivity contribution in [2.75, 3.05) is 25.0 Å². The van der Waals surface area contributed by atoms with Crippen molar-refractivity contribution in [3.63, 3.8) is 0 Å². The monoisotopic (exact) mass is 401 g/mol. The number of nitrogens with zero attached hydrogens (tertiary/aromatic N) is 2. The van der Waals surface area contributed by atoms with Crippen LogP contribution >= 0.6 is 11.3 Å². The van der Waals surface area contributed by atoms with Crippen molar-refractivity contribution < 1.29 is 27.4 Å². The number of nitrogens with one attached hydrogen (secondary N) is 1. The number of rotatable bonds is 6. The number of likely N-dealkylation sites (tertiary alicyclic amines) is 1. The Kier molecular flexibility index (Phi) is 6.17. The summed E-state index contributed by atoms with van der Waals surface area (Å²) >= 11 is 1.37. The molecule has 0 radical (unpaired) electrons. The second-order valence-electron chi connectivity index (χ2n) is 6.00. The van der Waals surface area contributed by atoms with Crippen molar-refractivity contribution in [2.24, 2.45) is 0 Å². The summed E-state index contributed by atoms with van der Waals surface area (Å²) in [5.41, 5.74) is 0. The third-order valence-corrected chi connectivity index (χ3v) is 4.63. The number of piperidine rings is 1. The number of carbonyl (C=O) groups excluding carboxylic acids is 1. The summed E-state index contributed by atoms with van der Waals surface area (Å²) in [5, 5.41) is 5.12. The molecule has 1 aromatic carbocycles. The number of benzene rings is 1. The van der Waals surface area contributed by atoms with Gasteiger partial charge in [-0.25, -0.2) is 4.98 Å². The van der Waals surface area contributed by atoms with Crippen LogP contribution in [0.5, 0.6) is 11.5 Å². The van der Waals surface area contributed by atoms with E-state index in [1.807, 2.05) is 4.90 Å². The number of thiazole rings is 1. The van der Waals surface area contributed by atoms with Crippen LogP contribution in [0.1, 0.15) is 12.8 Å². The Morgan fingerprint density at radius 3 is 2.48 bits per heavy atom. The fraction of sp³-hybridized carbons (Fsp3) is 0.412. The zero-order chi connectivity index (χ0) is 19.3. The number of anilines is 1. The molecule has 1 fully saturated rings. The largest absolute Gasteiger partial charge is 0.573 e. The van der Waals surface area contributed by atoms with Crippen LogP contribution in [0, 0.1) is 0 Å². The first-order valence-corrected chi connectivity index (χ1v) is 9.19. The van der Waals surface area contributed by atoms with Gasteiger partial charge in [0.25, 0.3) is 0 Å². The molecule has 1 saturated heterocycles. The molecular weight excluding hydrogens is 383 g/mol. The van der Waals surface area contributed by atoms with E-state index in [4.69, 9.17) is 4.74 Å². The lowest BCUT2D eigenvalue weighted by Gasteiger charge is -2.31. The predicted molar refractivity (Wildman–Crippen MR) is 94.0 cm³/mol. The number of halogens is 3. The normalized spacial score (nSPS) is 16.1. The number of ether oxygens (including phenoxy) is 2. The molecule has 0 atom stereocenters. The highest BCUT2D eigenvalue weighted by molar-refractivity contribution is 7.13. The van der Waals surface area contributed by atoms with E-state index in [2.05, 4.69) is 15.0 Å². The molecule has 1 aliphatic rings. The summed E-state index contributed by atoms with van der Waals surface area (Å²) in [6.07, 6.45) is -1.67. The summed E-state index contributed by atoms with van der Waals surface area (Å²) in [6, 6.07) is 5.35. The summed E-state index contributed by atoms with van der Waals surface area (Å²) in [5.74, 6) is 0.102. The highest BCUT2D eigenvalue weighted by atomic mass is 32.1. The van der Waals surface area contributed by atoms with E-state index in [1.165, 1.54) is 35.6 Å². The van der Waals surface area contributed by atoms with Gasteiger partial charge in [0.05, 0.1) is 6.54 Å². The quantitative estimate of drug-likeness (QED) is 0.803. The van der Waals surface area contributed by atoms with Crippen LogP contribution in [0.25, 0.3) is 0 Å². The molecule has 0 spiro atoms. The summed E-state index contributed by atoms with van der Waals surface area (Å²) in [4.78, 5) is 18.0. The van der Waals surface area contributed by atoms with Gasteiger partial charge in [-0.05, 0) is 37.1 Å². The number of hydrogen-bond acceptors (Lipinski definition) is 6. The van der Waals surface area contributed by atoms with Crippen LogP contribution in [0.2, 0.25) is 0 Å². The van der Waals surface area contributed by atoms with Crippen LogP contribution < -0.4 is 14.8 Å². The van der Waals surface area contributed by atoms with Crippen LogP contribution in [0.3, 0.4) is 0 Å². The molecule has 27 heavy (non-hydrogen) atoms. The Balaban J connectivity index is 1.41. The van der Waals surface area contributed by atoms with Gasteiger partial charge in [0.1, 0.15) is 17.6 Å². The lowest BCUT2D eigenvalue weighted by molar-refractivity contribution is -0.274. The van der Waals surface area contributed by atoms with Gasteiger partial charge in [0.2, 0.25) is 5.91 Å². The average Bonchev–Trinajstić information content (AvgIpc) is 3.10. The molecule has 1 N–H and O–H groups in total. The first kappa shape index (κ1) is 19.4. The summed E-state index contributed by atoms with van der Waals surface area (Å²) in [6.45, 7) is 1.69. The van der Waals surface area contributed by atoms with Crippen molar-refractivity contribution in [1.29, 1.82) is 0 Å². The molecule has 1 amide bonds. The number of hydrogen-bond donors (Lipinski definition) is 1. The lowest BCUT2D eigenvalue weighted by atomic mass is 10.1. The molecule has 2 heterocycles. The van der Waals surface area contributed by atoms with Crippen LogP contribution in [0.15, 0.2) is 35.8 Å². The molecule has 0 bridgehead atoms. The fourth-order valence-corrected chi connectivity index (χ4v) is 3.29. The Labute approximate surface area is 157 Å². The molecule has 1 aromatic heterocycles. The van der Waals surface area contributed by atoms with E-state index in [-0.39, 0.29) is 24.3 Å². The summed E-state index contributed by atoms with van der Waals surface area (Å²) in [7, 11) is 0. The smallest absolute Gasteiger partial charge is 0.490 e. The maximum Gasteiger partial charge on any atom is 0.573 e. The predicted octanol–water partition coefficient (Wildman–Crippen LogP) is 3.52. The maximum absolute atomic E-state index is 12.2. The first-order valence-electron chi connectivity index (χ1n) is 8.31. The van der Waals surface area contributed by atoms with E-state index in [0.717, 1.165) is 12.8 Å². The minimum Gasteiger partial charge on any atom is -0.490 e. The van der Waals surface area contributed by atoms with Crippen molar-refractivity contribution in [1.82, 2.24) is 9.88 Å². The van der Waals surface area contributed by atoms with Crippen molar-refractivity contribution in [3.8, 4) is 11.5 Å². The minimum absolute atomic E-state index is 0.0438. The Morgan fingerprint density at radius 1 is 1.22 bits per heavy atom. The van der Waals surface area contributed by atoms with Crippen molar-refractivity contribution in [2.45, 2.75) is 25.3 Å². The highest BCUT2D eigenvalue weighted by Crippen LogP contribution is 2.26. The second kappa shape index (κ2) is 8.57. The van der Waals surface area contributed by atoms with Crippen molar-refractivity contribution >= 4 is 22.4 Å². The number of amides is 1. The lowest BCUT2D eigenvalue weighted by Crippen LogP contribution is -2.42. The molecule has 146 valence electrons. The van der Waals surface area contributed by atoms with Gasteiger partial charge in [-0.2, -0.15) is 0 Å². The molecule has 6 nitrogen and oxygen atoms in total. The standard InChI is InChI=1S/C17H18F3N3O3S/c18-17(19,20)26-14-3-1-12(2-4-14)25-13-5-8-23(9-6-13)11-15(24)22-16-21-7-10-27-16/h1-4,7,10,13H,5-6,8-9,11H2,(H,21,22,24). The van der Waals surface area contributed by atoms with E-state index in [0.29, 0.717) is 24.0 Å². The van der Waals surface area contributed by atoms with Gasteiger partial charge >= 0.3 is 6.36 Å². The Hall–Kier alpha value is -2.33. The molecule has 10 heteroatoms. The highest BCUT2D eigenvalue weighted by Gasteiger charge is 2.31. The molecule has 3 rings (SSSR count).